The average Bonchev–Trinajstić information content (AvgIpc) is 2.39. The Kier molecular flexibility index (Phi) is 4.14. The van der Waals surface area contributed by atoms with Crippen LogP contribution in [0.2, 0.25) is 5.02 Å². The third kappa shape index (κ3) is 3.30. The van der Waals surface area contributed by atoms with Gasteiger partial charge in [0, 0.05) is 11.3 Å². The quantitative estimate of drug-likeness (QED) is 0.853. The molecule has 3 nitrogen and oxygen atoms in total. The van der Waals surface area contributed by atoms with E-state index >= 15 is 0 Å². The summed E-state index contributed by atoms with van der Waals surface area (Å²) in [5, 5.41) is 3.17. The van der Waals surface area contributed by atoms with Gasteiger partial charge >= 0.3 is 0 Å². The fourth-order valence-electron chi connectivity index (χ4n) is 1.56. The number of hydrogen-bond acceptors (Lipinski definition) is 2. The third-order valence-electron chi connectivity index (χ3n) is 2.55. The zero-order chi connectivity index (χ0) is 13.8. The van der Waals surface area contributed by atoms with Gasteiger partial charge in [-0.1, -0.05) is 36.0 Å². The van der Waals surface area contributed by atoms with Gasteiger partial charge in [0.15, 0.2) is 0 Å². The van der Waals surface area contributed by atoms with Crippen molar-refractivity contribution in [3.63, 3.8) is 0 Å². The van der Waals surface area contributed by atoms with Gasteiger partial charge in [0.2, 0.25) is 0 Å². The first kappa shape index (κ1) is 13.5. The Morgan fingerprint density at radius 3 is 2.32 bits per heavy atom. The van der Waals surface area contributed by atoms with E-state index < -0.39 is 0 Å². The van der Waals surface area contributed by atoms with Crippen LogP contribution in [-0.4, -0.2) is 10.9 Å². The summed E-state index contributed by atoms with van der Waals surface area (Å²) < 4.78 is 0. The number of amides is 1. The molecule has 0 spiro atoms. The molecule has 96 valence electrons. The van der Waals surface area contributed by atoms with Crippen molar-refractivity contribution < 1.29 is 4.79 Å². The van der Waals surface area contributed by atoms with Crippen LogP contribution in [0.4, 0.5) is 5.69 Å². The van der Waals surface area contributed by atoms with Crippen LogP contribution in [-0.2, 0) is 0 Å². The second-order valence-electron chi connectivity index (χ2n) is 3.88. The summed E-state index contributed by atoms with van der Waals surface area (Å²) in [7, 11) is 0. The summed E-state index contributed by atoms with van der Waals surface area (Å²) in [4.78, 5) is 12.3. The number of rotatable bonds is 3. The highest BCUT2D eigenvalue weighted by Gasteiger charge is 2.09. The summed E-state index contributed by atoms with van der Waals surface area (Å²) in [5.41, 5.74) is 7.35. The molecule has 0 atom stereocenters. The minimum Gasteiger partial charge on any atom is -0.389 e. The molecule has 0 heterocycles. The van der Waals surface area contributed by atoms with Crippen LogP contribution in [0.5, 0.6) is 0 Å². The molecular weight excluding hydrogens is 280 g/mol. The maximum absolute atomic E-state index is 12.0. The summed E-state index contributed by atoms with van der Waals surface area (Å²) in [5.74, 6) is -0.256. The van der Waals surface area contributed by atoms with E-state index in [2.05, 4.69) is 5.32 Å². The molecule has 19 heavy (non-hydrogen) atoms. The molecule has 0 saturated carbocycles. The first-order valence-electron chi connectivity index (χ1n) is 5.53. The van der Waals surface area contributed by atoms with Crippen molar-refractivity contribution in [3.05, 3.63) is 64.7 Å². The Morgan fingerprint density at radius 1 is 1.11 bits per heavy atom. The molecule has 0 radical (unpaired) electrons. The topological polar surface area (TPSA) is 55.1 Å². The van der Waals surface area contributed by atoms with Crippen molar-refractivity contribution in [1.82, 2.24) is 0 Å². The lowest BCUT2D eigenvalue weighted by molar-refractivity contribution is 0.102. The molecule has 0 aliphatic heterocycles. The van der Waals surface area contributed by atoms with Crippen molar-refractivity contribution in [2.75, 3.05) is 5.32 Å². The Balaban J connectivity index is 2.15. The highest BCUT2D eigenvalue weighted by Crippen LogP contribution is 2.17. The Hall–Kier alpha value is -1.91. The number of carbonyl (C=O) groups excluding carboxylic acids is 1. The summed E-state index contributed by atoms with van der Waals surface area (Å²) in [6.45, 7) is 0. The van der Waals surface area contributed by atoms with E-state index in [1.807, 2.05) is 0 Å². The molecule has 5 heteroatoms. The SMILES string of the molecule is NC(=S)c1ccc(NC(=O)c2ccccc2Cl)cc1. The minimum absolute atomic E-state index is 0.256. The van der Waals surface area contributed by atoms with Gasteiger partial charge in [0.05, 0.1) is 10.6 Å². The van der Waals surface area contributed by atoms with Crippen LogP contribution in [0, 0.1) is 0 Å². The number of thiocarbonyl (C=S) groups is 1. The summed E-state index contributed by atoms with van der Waals surface area (Å²) in [6.07, 6.45) is 0. The molecule has 0 fully saturated rings. The number of nitrogens with one attached hydrogen (secondary N) is 1. The number of nitrogens with two attached hydrogens (primary N) is 1. The van der Waals surface area contributed by atoms with Crippen molar-refractivity contribution in [2.24, 2.45) is 5.73 Å². The van der Waals surface area contributed by atoms with Gasteiger partial charge in [0.1, 0.15) is 4.99 Å². The summed E-state index contributed by atoms with van der Waals surface area (Å²) in [6, 6.07) is 13.9. The minimum atomic E-state index is -0.256. The van der Waals surface area contributed by atoms with Crippen molar-refractivity contribution in [3.8, 4) is 0 Å². The van der Waals surface area contributed by atoms with Crippen molar-refractivity contribution >= 4 is 40.4 Å². The third-order valence-corrected chi connectivity index (χ3v) is 3.11. The molecular formula is C14H11ClN2OS. The van der Waals surface area contributed by atoms with Crippen LogP contribution in [0.3, 0.4) is 0 Å². The van der Waals surface area contributed by atoms with Crippen LogP contribution in [0.15, 0.2) is 48.5 Å². The Morgan fingerprint density at radius 2 is 1.74 bits per heavy atom. The Labute approximate surface area is 121 Å². The maximum Gasteiger partial charge on any atom is 0.257 e. The van der Waals surface area contributed by atoms with E-state index in [4.69, 9.17) is 29.6 Å². The molecule has 0 aromatic heterocycles. The van der Waals surface area contributed by atoms with E-state index in [0.717, 1.165) is 5.56 Å². The number of hydrogen-bond donors (Lipinski definition) is 2. The molecule has 2 aromatic carbocycles. The largest absolute Gasteiger partial charge is 0.389 e. The fourth-order valence-corrected chi connectivity index (χ4v) is 1.92. The fraction of sp³-hybridized carbons (Fsp3) is 0. The zero-order valence-electron chi connectivity index (χ0n) is 9.89. The normalized spacial score (nSPS) is 9.95. The van der Waals surface area contributed by atoms with Gasteiger partial charge in [-0.05, 0) is 36.4 Å². The molecule has 2 aromatic rings. The van der Waals surface area contributed by atoms with Gasteiger partial charge in [-0.15, -0.1) is 0 Å². The second kappa shape index (κ2) is 5.82. The average molecular weight is 291 g/mol. The predicted octanol–water partition coefficient (Wildman–Crippen LogP) is 3.23. The molecule has 0 bridgehead atoms. The molecule has 0 unspecified atom stereocenters. The summed E-state index contributed by atoms with van der Waals surface area (Å²) >= 11 is 10.8. The van der Waals surface area contributed by atoms with Gasteiger partial charge in [-0.25, -0.2) is 0 Å². The lowest BCUT2D eigenvalue weighted by Gasteiger charge is -2.07. The number of anilines is 1. The van der Waals surface area contributed by atoms with E-state index in [0.29, 0.717) is 21.3 Å². The van der Waals surface area contributed by atoms with Crippen LogP contribution in [0.1, 0.15) is 15.9 Å². The molecule has 3 N–H and O–H groups in total. The lowest BCUT2D eigenvalue weighted by Crippen LogP contribution is -2.13. The molecule has 1 amide bonds. The molecule has 2 rings (SSSR count). The first-order chi connectivity index (χ1) is 9.08. The van der Waals surface area contributed by atoms with E-state index in [-0.39, 0.29) is 5.91 Å². The van der Waals surface area contributed by atoms with Gasteiger partial charge in [-0.2, -0.15) is 0 Å². The smallest absolute Gasteiger partial charge is 0.257 e. The van der Waals surface area contributed by atoms with Crippen LogP contribution >= 0.6 is 23.8 Å². The molecule has 0 saturated heterocycles. The monoisotopic (exact) mass is 290 g/mol. The Bertz CT molecular complexity index is 626. The number of halogens is 1. The van der Waals surface area contributed by atoms with E-state index in [1.54, 1.807) is 48.5 Å². The first-order valence-corrected chi connectivity index (χ1v) is 6.32. The lowest BCUT2D eigenvalue weighted by atomic mass is 10.2. The molecule has 0 aliphatic rings. The standard InChI is InChI=1S/C14H11ClN2OS/c15-12-4-2-1-3-11(12)14(18)17-10-7-5-9(6-8-10)13(16)19/h1-8H,(H2,16,19)(H,17,18). The molecule has 0 aliphatic carbocycles. The number of benzene rings is 2. The van der Waals surface area contributed by atoms with E-state index in [9.17, 15) is 4.79 Å². The zero-order valence-corrected chi connectivity index (χ0v) is 11.5. The number of carbonyl (C=O) groups is 1. The highest BCUT2D eigenvalue weighted by atomic mass is 35.5. The van der Waals surface area contributed by atoms with Gasteiger partial charge < -0.3 is 11.1 Å². The maximum atomic E-state index is 12.0. The van der Waals surface area contributed by atoms with Crippen molar-refractivity contribution in [2.45, 2.75) is 0 Å². The van der Waals surface area contributed by atoms with Gasteiger partial charge in [0.25, 0.3) is 5.91 Å². The van der Waals surface area contributed by atoms with Gasteiger partial charge in [-0.3, -0.25) is 4.79 Å². The highest BCUT2D eigenvalue weighted by molar-refractivity contribution is 7.80. The van der Waals surface area contributed by atoms with Crippen LogP contribution < -0.4 is 11.1 Å². The van der Waals surface area contributed by atoms with Crippen molar-refractivity contribution in [1.29, 1.82) is 0 Å². The van der Waals surface area contributed by atoms with E-state index in [1.165, 1.54) is 0 Å². The van der Waals surface area contributed by atoms with Crippen LogP contribution in [0.25, 0.3) is 0 Å². The predicted molar refractivity (Wildman–Crippen MR) is 81.7 cm³/mol. The second-order valence-corrected chi connectivity index (χ2v) is 4.72.